The molecule has 17 heavy (non-hydrogen) atoms. The van der Waals surface area contributed by atoms with Crippen LogP contribution < -0.4 is 17.2 Å². The molecule has 7 N–H and O–H groups in total. The van der Waals surface area contributed by atoms with Gasteiger partial charge in [0.1, 0.15) is 6.04 Å². The molecule has 0 bridgehead atoms. The van der Waals surface area contributed by atoms with Gasteiger partial charge in [0.25, 0.3) is 0 Å². The van der Waals surface area contributed by atoms with Crippen molar-refractivity contribution in [1.82, 2.24) is 4.90 Å². The number of rotatable bonds is 5. The van der Waals surface area contributed by atoms with Crippen molar-refractivity contribution in [2.75, 3.05) is 19.7 Å². The van der Waals surface area contributed by atoms with Gasteiger partial charge < -0.3 is 31.9 Å². The highest BCUT2D eigenvalue weighted by molar-refractivity contribution is 5.86. The van der Waals surface area contributed by atoms with Gasteiger partial charge in [-0.15, -0.1) is 0 Å². The maximum Gasteiger partial charge on any atom is 0.315 e. The van der Waals surface area contributed by atoms with Crippen molar-refractivity contribution in [2.24, 2.45) is 17.2 Å². The minimum absolute atomic E-state index is 0.0548. The van der Waals surface area contributed by atoms with Crippen LogP contribution in [0.2, 0.25) is 0 Å². The number of nitrogens with zero attached hydrogens (tertiary/aromatic N) is 1. The summed E-state index contributed by atoms with van der Waals surface area (Å²) in [6, 6.07) is -1.45. The van der Waals surface area contributed by atoms with Gasteiger partial charge in [-0.25, -0.2) is 4.79 Å². The fraction of sp³-hybridized carbons (Fsp3) is 0.778. The molecule has 0 aromatic carbocycles. The molecule has 8 nitrogen and oxygen atoms in total. The second kappa shape index (κ2) is 5.80. The number of carbonyl (C=O) groups excluding carboxylic acids is 2. The number of hydrogen-bond acceptors (Lipinski definition) is 5. The van der Waals surface area contributed by atoms with Crippen LogP contribution in [0.1, 0.15) is 6.42 Å². The summed E-state index contributed by atoms with van der Waals surface area (Å²) in [7, 11) is 0. The van der Waals surface area contributed by atoms with E-state index in [0.29, 0.717) is 0 Å². The molecule has 1 heterocycles. The molecule has 0 radical (unpaired) electrons. The molecule has 3 unspecified atom stereocenters. The Hall–Kier alpha value is -1.38. The van der Waals surface area contributed by atoms with Crippen LogP contribution in [0.15, 0.2) is 0 Å². The third-order valence-electron chi connectivity index (χ3n) is 2.67. The lowest BCUT2D eigenvalue weighted by molar-refractivity contribution is -0.121. The number of hydrogen-bond donors (Lipinski definition) is 4. The predicted molar refractivity (Wildman–Crippen MR) is 58.7 cm³/mol. The Balaban J connectivity index is 2.51. The van der Waals surface area contributed by atoms with Crippen LogP contribution in [0.3, 0.4) is 0 Å². The third-order valence-corrected chi connectivity index (χ3v) is 2.67. The number of likely N-dealkylation sites (tertiary alicyclic amines) is 1. The first-order chi connectivity index (χ1) is 7.95. The number of aliphatic hydroxyl groups is 1. The summed E-state index contributed by atoms with van der Waals surface area (Å²) in [4.78, 5) is 23.3. The second-order valence-corrected chi connectivity index (χ2v) is 3.99. The van der Waals surface area contributed by atoms with Gasteiger partial charge in [-0.1, -0.05) is 0 Å². The molecule has 0 aromatic heterocycles. The number of nitrogens with two attached hydrogens (primary N) is 3. The molecule has 0 saturated carbocycles. The highest BCUT2D eigenvalue weighted by Crippen LogP contribution is 2.19. The molecule has 1 aliphatic rings. The van der Waals surface area contributed by atoms with Crippen molar-refractivity contribution < 1.29 is 19.4 Å². The van der Waals surface area contributed by atoms with Crippen molar-refractivity contribution in [2.45, 2.75) is 24.7 Å². The van der Waals surface area contributed by atoms with E-state index >= 15 is 0 Å². The van der Waals surface area contributed by atoms with Crippen molar-refractivity contribution in [3.63, 3.8) is 0 Å². The summed E-state index contributed by atoms with van der Waals surface area (Å²) in [6.45, 7) is 0.338. The largest absolute Gasteiger partial charge is 0.389 e. The van der Waals surface area contributed by atoms with Crippen LogP contribution in [-0.2, 0) is 9.53 Å². The standard InChI is InChI=1S/C9H18N4O4/c10-2-5(14)4-17-6-1-7(8(11)15)13(3-6)9(12)16/h5-7,14H,1-4,10H2,(H2,11,15)(H2,12,16). The normalized spacial score (nSPS) is 25.9. The first kappa shape index (κ1) is 13.7. The third kappa shape index (κ3) is 3.55. The topological polar surface area (TPSA) is 145 Å². The molecule has 1 fully saturated rings. The summed E-state index contributed by atoms with van der Waals surface area (Å²) in [5.74, 6) is -0.616. The minimum atomic E-state index is -0.760. The van der Waals surface area contributed by atoms with Gasteiger partial charge in [-0.05, 0) is 0 Å². The number of ether oxygens (including phenoxy) is 1. The zero-order valence-corrected chi connectivity index (χ0v) is 9.41. The minimum Gasteiger partial charge on any atom is -0.389 e. The van der Waals surface area contributed by atoms with Gasteiger partial charge in [-0.3, -0.25) is 4.79 Å². The van der Waals surface area contributed by atoms with E-state index in [1.165, 1.54) is 4.90 Å². The Labute approximate surface area is 98.7 Å². The summed E-state index contributed by atoms with van der Waals surface area (Å²) in [5, 5.41) is 9.22. The van der Waals surface area contributed by atoms with E-state index in [-0.39, 0.29) is 32.2 Å². The summed E-state index contributed by atoms with van der Waals surface area (Å²) in [5.41, 5.74) is 15.5. The van der Waals surface area contributed by atoms with E-state index in [0.717, 1.165) is 0 Å². The Kier molecular flexibility index (Phi) is 4.67. The molecule has 1 saturated heterocycles. The molecule has 8 heteroatoms. The van der Waals surface area contributed by atoms with Crippen LogP contribution in [0.25, 0.3) is 0 Å². The van der Waals surface area contributed by atoms with Crippen LogP contribution in [0.4, 0.5) is 4.79 Å². The van der Waals surface area contributed by atoms with E-state index in [9.17, 15) is 14.7 Å². The fourth-order valence-electron chi connectivity index (χ4n) is 1.75. The quantitative estimate of drug-likeness (QED) is 0.418. The van der Waals surface area contributed by atoms with Crippen LogP contribution >= 0.6 is 0 Å². The highest BCUT2D eigenvalue weighted by Gasteiger charge is 2.38. The maximum atomic E-state index is 11.1. The van der Waals surface area contributed by atoms with Crippen molar-refractivity contribution >= 4 is 11.9 Å². The molecular formula is C9H18N4O4. The molecule has 3 amide bonds. The second-order valence-electron chi connectivity index (χ2n) is 3.99. The fourth-order valence-corrected chi connectivity index (χ4v) is 1.75. The van der Waals surface area contributed by atoms with Gasteiger partial charge in [0, 0.05) is 19.5 Å². The van der Waals surface area contributed by atoms with Crippen molar-refractivity contribution in [3.8, 4) is 0 Å². The lowest BCUT2D eigenvalue weighted by Gasteiger charge is -2.18. The molecule has 0 aromatic rings. The van der Waals surface area contributed by atoms with E-state index in [2.05, 4.69) is 0 Å². The van der Waals surface area contributed by atoms with Gasteiger partial charge in [0.2, 0.25) is 5.91 Å². The Morgan fingerprint density at radius 3 is 2.53 bits per heavy atom. The lowest BCUT2D eigenvalue weighted by atomic mass is 10.2. The molecule has 98 valence electrons. The highest BCUT2D eigenvalue weighted by atomic mass is 16.5. The first-order valence-electron chi connectivity index (χ1n) is 5.30. The summed E-state index contributed by atoms with van der Waals surface area (Å²) >= 11 is 0. The Morgan fingerprint density at radius 2 is 2.12 bits per heavy atom. The molecule has 1 aliphatic heterocycles. The van der Waals surface area contributed by atoms with Gasteiger partial charge in [0.15, 0.2) is 0 Å². The van der Waals surface area contributed by atoms with Gasteiger partial charge in [0.05, 0.1) is 18.8 Å². The number of aliphatic hydroxyl groups excluding tert-OH is 1. The SMILES string of the molecule is NCC(O)COC1CC(C(N)=O)N(C(N)=O)C1. The average molecular weight is 246 g/mol. The maximum absolute atomic E-state index is 11.1. The van der Waals surface area contributed by atoms with E-state index in [1.54, 1.807) is 0 Å². The Morgan fingerprint density at radius 1 is 1.47 bits per heavy atom. The van der Waals surface area contributed by atoms with Crippen molar-refractivity contribution in [1.29, 1.82) is 0 Å². The molecule has 0 spiro atoms. The van der Waals surface area contributed by atoms with Crippen LogP contribution in [0, 0.1) is 0 Å². The monoisotopic (exact) mass is 246 g/mol. The molecule has 3 atom stereocenters. The number of urea groups is 1. The first-order valence-corrected chi connectivity index (χ1v) is 5.30. The summed E-state index contributed by atoms with van der Waals surface area (Å²) in [6.07, 6.45) is -0.832. The zero-order valence-electron chi connectivity index (χ0n) is 9.41. The van der Waals surface area contributed by atoms with Crippen LogP contribution in [-0.4, -0.2) is 59.9 Å². The van der Waals surface area contributed by atoms with Gasteiger partial charge >= 0.3 is 6.03 Å². The van der Waals surface area contributed by atoms with Crippen LogP contribution in [0.5, 0.6) is 0 Å². The van der Waals surface area contributed by atoms with E-state index in [4.69, 9.17) is 21.9 Å². The smallest absolute Gasteiger partial charge is 0.315 e. The average Bonchev–Trinajstić information content (AvgIpc) is 2.70. The van der Waals surface area contributed by atoms with E-state index in [1.807, 2.05) is 0 Å². The number of primary amides is 2. The lowest BCUT2D eigenvalue weighted by Crippen LogP contribution is -2.46. The molecular weight excluding hydrogens is 228 g/mol. The predicted octanol–water partition coefficient (Wildman–Crippen LogP) is -2.67. The number of carbonyl (C=O) groups is 2. The number of amides is 3. The Bertz CT molecular complexity index is 277. The van der Waals surface area contributed by atoms with Gasteiger partial charge in [-0.2, -0.15) is 0 Å². The zero-order chi connectivity index (χ0) is 13.0. The van der Waals surface area contributed by atoms with E-state index < -0.39 is 24.1 Å². The van der Waals surface area contributed by atoms with Crippen molar-refractivity contribution in [3.05, 3.63) is 0 Å². The molecule has 0 aliphatic carbocycles. The summed E-state index contributed by atoms with van der Waals surface area (Å²) < 4.78 is 5.33. The molecule has 1 rings (SSSR count).